The van der Waals surface area contributed by atoms with Gasteiger partial charge < -0.3 is 10.3 Å². The van der Waals surface area contributed by atoms with Gasteiger partial charge in [0.15, 0.2) is 5.16 Å². The van der Waals surface area contributed by atoms with Gasteiger partial charge in [-0.2, -0.15) is 5.26 Å². The van der Waals surface area contributed by atoms with E-state index in [1.54, 1.807) is 19.1 Å². The average Bonchev–Trinajstić information content (AvgIpc) is 2.70. The second-order valence-electron chi connectivity index (χ2n) is 6.64. The number of aromatic nitrogens is 2. The van der Waals surface area contributed by atoms with Crippen LogP contribution in [0.5, 0.6) is 0 Å². The van der Waals surface area contributed by atoms with Gasteiger partial charge in [-0.1, -0.05) is 59.8 Å². The molecule has 0 bridgehead atoms. The van der Waals surface area contributed by atoms with Crippen LogP contribution in [0.3, 0.4) is 0 Å². The minimum atomic E-state index is -0.522. The van der Waals surface area contributed by atoms with Crippen molar-refractivity contribution in [2.45, 2.75) is 31.2 Å². The number of H-pyrrole nitrogens is 1. The van der Waals surface area contributed by atoms with Crippen LogP contribution in [0.4, 0.5) is 5.69 Å². The molecule has 0 aliphatic rings. The van der Waals surface area contributed by atoms with E-state index in [4.69, 9.17) is 0 Å². The third kappa shape index (κ3) is 4.73. The van der Waals surface area contributed by atoms with Crippen LogP contribution >= 0.6 is 11.8 Å². The van der Waals surface area contributed by atoms with E-state index >= 15 is 0 Å². The normalized spacial score (nSPS) is 11.5. The van der Waals surface area contributed by atoms with E-state index in [0.717, 1.165) is 28.6 Å². The molecule has 0 fully saturated rings. The lowest BCUT2D eigenvalue weighted by molar-refractivity contribution is -0.115. The summed E-state index contributed by atoms with van der Waals surface area (Å²) in [4.78, 5) is 32.0. The fourth-order valence-corrected chi connectivity index (χ4v) is 3.62. The third-order valence-electron chi connectivity index (χ3n) is 4.35. The van der Waals surface area contributed by atoms with E-state index in [2.05, 4.69) is 15.3 Å². The van der Waals surface area contributed by atoms with Crippen LogP contribution in [0.2, 0.25) is 0 Å². The minimum absolute atomic E-state index is 0.0482. The molecule has 3 aromatic rings. The van der Waals surface area contributed by atoms with Crippen molar-refractivity contribution in [3.8, 4) is 17.3 Å². The van der Waals surface area contributed by atoms with Crippen molar-refractivity contribution in [3.05, 3.63) is 75.6 Å². The van der Waals surface area contributed by atoms with Crippen molar-refractivity contribution in [1.82, 2.24) is 9.97 Å². The number of aryl methyl sites for hydroxylation is 2. The molecule has 2 N–H and O–H groups in total. The number of nitrogens with one attached hydrogen (secondary N) is 2. The molecular weight excluding hydrogens is 384 g/mol. The molecule has 0 spiro atoms. The molecule has 3 rings (SSSR count). The average molecular weight is 404 g/mol. The molecule has 0 aliphatic carbocycles. The van der Waals surface area contributed by atoms with Gasteiger partial charge in [-0.25, -0.2) is 4.98 Å². The van der Waals surface area contributed by atoms with Gasteiger partial charge in [-0.15, -0.1) is 0 Å². The standard InChI is InChI=1S/C22H20N4O2S/c1-13-9-10-18(14(2)11-13)24-20(27)15(3)29-22-25-19(16-7-5-4-6-8-16)17(12-23)21(28)26-22/h4-11,15H,1-3H3,(H,24,27)(H,25,26,28)/t15-/m1/s1. The molecule has 0 saturated carbocycles. The lowest BCUT2D eigenvalue weighted by Gasteiger charge is -2.14. The fourth-order valence-electron chi connectivity index (χ4n) is 2.83. The van der Waals surface area contributed by atoms with E-state index in [1.807, 2.05) is 56.3 Å². The molecule has 0 unspecified atom stereocenters. The smallest absolute Gasteiger partial charge is 0.270 e. The van der Waals surface area contributed by atoms with Crippen LogP contribution in [0.25, 0.3) is 11.3 Å². The second kappa shape index (κ2) is 8.76. The number of nitriles is 1. The molecule has 2 aromatic carbocycles. The molecule has 1 amide bonds. The first-order valence-corrected chi connectivity index (χ1v) is 9.91. The number of benzene rings is 2. The van der Waals surface area contributed by atoms with Gasteiger partial charge in [0.2, 0.25) is 5.91 Å². The summed E-state index contributed by atoms with van der Waals surface area (Å²) in [6.45, 7) is 5.67. The number of carbonyl (C=O) groups is 1. The summed E-state index contributed by atoms with van der Waals surface area (Å²) in [5, 5.41) is 12.0. The zero-order chi connectivity index (χ0) is 21.0. The summed E-state index contributed by atoms with van der Waals surface area (Å²) < 4.78 is 0. The van der Waals surface area contributed by atoms with Crippen LogP contribution in [0, 0.1) is 25.2 Å². The first kappa shape index (κ1) is 20.4. The van der Waals surface area contributed by atoms with Gasteiger partial charge in [0.05, 0.1) is 10.9 Å². The van der Waals surface area contributed by atoms with E-state index < -0.39 is 10.8 Å². The summed E-state index contributed by atoms with van der Waals surface area (Å²) in [6, 6.07) is 16.8. The number of hydrogen-bond donors (Lipinski definition) is 2. The Kier molecular flexibility index (Phi) is 6.15. The quantitative estimate of drug-likeness (QED) is 0.494. The Morgan fingerprint density at radius 2 is 1.93 bits per heavy atom. The molecule has 7 heteroatoms. The second-order valence-corrected chi connectivity index (χ2v) is 7.97. The lowest BCUT2D eigenvalue weighted by atomic mass is 10.1. The van der Waals surface area contributed by atoms with Crippen molar-refractivity contribution in [1.29, 1.82) is 5.26 Å². The van der Waals surface area contributed by atoms with Crippen LogP contribution in [-0.2, 0) is 4.79 Å². The summed E-state index contributed by atoms with van der Waals surface area (Å²) in [7, 11) is 0. The highest BCUT2D eigenvalue weighted by atomic mass is 32.2. The van der Waals surface area contributed by atoms with Crippen molar-refractivity contribution in [3.63, 3.8) is 0 Å². The number of nitrogens with zero attached hydrogens (tertiary/aromatic N) is 2. The molecule has 1 heterocycles. The molecule has 1 atom stereocenters. The highest BCUT2D eigenvalue weighted by Gasteiger charge is 2.19. The zero-order valence-electron chi connectivity index (χ0n) is 16.3. The summed E-state index contributed by atoms with van der Waals surface area (Å²) >= 11 is 1.13. The Labute approximate surface area is 173 Å². The van der Waals surface area contributed by atoms with Crippen molar-refractivity contribution >= 4 is 23.4 Å². The van der Waals surface area contributed by atoms with E-state index in [0.29, 0.717) is 11.3 Å². The van der Waals surface area contributed by atoms with E-state index in [-0.39, 0.29) is 16.6 Å². The van der Waals surface area contributed by atoms with Crippen LogP contribution in [0.1, 0.15) is 23.6 Å². The Morgan fingerprint density at radius 3 is 2.59 bits per heavy atom. The predicted molar refractivity (Wildman–Crippen MR) is 115 cm³/mol. The summed E-state index contributed by atoms with van der Waals surface area (Å²) in [6.07, 6.45) is 0. The number of rotatable bonds is 5. The molecular formula is C22H20N4O2S. The Morgan fingerprint density at radius 1 is 1.21 bits per heavy atom. The first-order chi connectivity index (χ1) is 13.9. The van der Waals surface area contributed by atoms with Crippen LogP contribution in [-0.4, -0.2) is 21.1 Å². The molecule has 0 aliphatic heterocycles. The fraction of sp³-hybridized carbons (Fsp3) is 0.182. The highest BCUT2D eigenvalue weighted by molar-refractivity contribution is 8.00. The number of amides is 1. The minimum Gasteiger partial charge on any atom is -0.325 e. The van der Waals surface area contributed by atoms with E-state index in [9.17, 15) is 14.9 Å². The van der Waals surface area contributed by atoms with Gasteiger partial charge in [0.1, 0.15) is 11.6 Å². The maximum atomic E-state index is 12.6. The molecule has 0 radical (unpaired) electrons. The Balaban J connectivity index is 1.84. The monoisotopic (exact) mass is 404 g/mol. The van der Waals surface area contributed by atoms with Gasteiger partial charge in [-0.05, 0) is 32.4 Å². The number of hydrogen-bond acceptors (Lipinski definition) is 5. The third-order valence-corrected chi connectivity index (χ3v) is 5.34. The number of thioether (sulfide) groups is 1. The molecule has 146 valence electrons. The van der Waals surface area contributed by atoms with Gasteiger partial charge in [0.25, 0.3) is 5.56 Å². The van der Waals surface area contributed by atoms with Gasteiger partial charge in [-0.3, -0.25) is 9.59 Å². The maximum Gasteiger partial charge on any atom is 0.270 e. The topological polar surface area (TPSA) is 98.6 Å². The molecule has 0 saturated heterocycles. The predicted octanol–water partition coefficient (Wildman–Crippen LogP) is 4.04. The largest absolute Gasteiger partial charge is 0.325 e. The number of aromatic amines is 1. The van der Waals surface area contributed by atoms with Crippen LogP contribution in [0.15, 0.2) is 58.5 Å². The van der Waals surface area contributed by atoms with Crippen molar-refractivity contribution < 1.29 is 4.79 Å². The molecule has 1 aromatic heterocycles. The van der Waals surface area contributed by atoms with E-state index in [1.165, 1.54) is 0 Å². The maximum absolute atomic E-state index is 12.6. The van der Waals surface area contributed by atoms with Crippen LogP contribution < -0.4 is 10.9 Å². The molecule has 29 heavy (non-hydrogen) atoms. The Hall–Kier alpha value is -3.37. The van der Waals surface area contributed by atoms with Gasteiger partial charge in [0, 0.05) is 11.3 Å². The first-order valence-electron chi connectivity index (χ1n) is 9.03. The van der Waals surface area contributed by atoms with Crippen molar-refractivity contribution in [2.24, 2.45) is 0 Å². The Bertz CT molecular complexity index is 1150. The summed E-state index contributed by atoms with van der Waals surface area (Å²) in [5.74, 6) is -0.199. The lowest BCUT2D eigenvalue weighted by Crippen LogP contribution is -2.24. The number of carbonyl (C=O) groups excluding carboxylic acids is 1. The molecule has 6 nitrogen and oxygen atoms in total. The SMILES string of the molecule is Cc1ccc(NC(=O)[C@@H](C)Sc2nc(-c3ccccc3)c(C#N)c(=O)[nH]2)c(C)c1. The number of anilines is 1. The van der Waals surface area contributed by atoms with Gasteiger partial charge >= 0.3 is 0 Å². The van der Waals surface area contributed by atoms with Crippen molar-refractivity contribution in [2.75, 3.05) is 5.32 Å². The highest BCUT2D eigenvalue weighted by Crippen LogP contribution is 2.25. The zero-order valence-corrected chi connectivity index (χ0v) is 17.1. The summed E-state index contributed by atoms with van der Waals surface area (Å²) in [5.41, 5.74) is 3.26.